The zero-order chi connectivity index (χ0) is 15.1. The summed E-state index contributed by atoms with van der Waals surface area (Å²) >= 11 is 6.10. The second-order valence-electron chi connectivity index (χ2n) is 6.99. The molecule has 21 heavy (non-hydrogen) atoms. The predicted octanol–water partition coefficient (Wildman–Crippen LogP) is 2.98. The van der Waals surface area contributed by atoms with E-state index in [2.05, 4.69) is 35.8 Å². The third-order valence-electron chi connectivity index (χ3n) is 5.85. The fourth-order valence-corrected chi connectivity index (χ4v) is 3.80. The molecule has 0 bridgehead atoms. The van der Waals surface area contributed by atoms with Crippen LogP contribution in [-0.2, 0) is 0 Å². The van der Waals surface area contributed by atoms with Gasteiger partial charge in [-0.05, 0) is 43.4 Å². The number of piperazine rings is 1. The molecular formula is C17H26ClN3. The predicted molar refractivity (Wildman–Crippen MR) is 90.0 cm³/mol. The van der Waals surface area contributed by atoms with E-state index < -0.39 is 0 Å². The minimum Gasteiger partial charge on any atom is -0.369 e. The van der Waals surface area contributed by atoms with Gasteiger partial charge in [-0.1, -0.05) is 24.6 Å². The second-order valence-corrected chi connectivity index (χ2v) is 7.43. The molecule has 1 heterocycles. The van der Waals surface area contributed by atoms with Crippen LogP contribution < -0.4 is 10.6 Å². The molecule has 1 atom stereocenters. The van der Waals surface area contributed by atoms with Gasteiger partial charge in [0.05, 0.1) is 0 Å². The van der Waals surface area contributed by atoms with E-state index >= 15 is 0 Å². The first-order valence-corrected chi connectivity index (χ1v) is 8.32. The van der Waals surface area contributed by atoms with Crippen molar-refractivity contribution in [2.75, 3.05) is 37.6 Å². The summed E-state index contributed by atoms with van der Waals surface area (Å²) in [6.07, 6.45) is 2.63. The Labute approximate surface area is 133 Å². The van der Waals surface area contributed by atoms with Gasteiger partial charge in [0.2, 0.25) is 0 Å². The molecule has 1 aromatic carbocycles. The van der Waals surface area contributed by atoms with Crippen LogP contribution >= 0.6 is 11.6 Å². The van der Waals surface area contributed by atoms with Crippen LogP contribution in [-0.4, -0.2) is 43.2 Å². The highest BCUT2D eigenvalue weighted by atomic mass is 35.5. The molecule has 1 aromatic rings. The van der Waals surface area contributed by atoms with Gasteiger partial charge < -0.3 is 10.6 Å². The minimum atomic E-state index is 0.146. The number of anilines is 1. The molecule has 1 saturated heterocycles. The van der Waals surface area contributed by atoms with Crippen LogP contribution in [0.2, 0.25) is 5.02 Å². The Bertz CT molecular complexity index is 507. The summed E-state index contributed by atoms with van der Waals surface area (Å²) in [5, 5.41) is 0.812. The van der Waals surface area contributed by atoms with Crippen LogP contribution in [0.3, 0.4) is 0 Å². The van der Waals surface area contributed by atoms with Crippen molar-refractivity contribution in [3.05, 3.63) is 29.3 Å². The van der Waals surface area contributed by atoms with Crippen molar-refractivity contribution in [3.8, 4) is 0 Å². The molecule has 2 aliphatic rings. The summed E-state index contributed by atoms with van der Waals surface area (Å²) in [7, 11) is 0. The van der Waals surface area contributed by atoms with E-state index in [1.165, 1.54) is 18.5 Å². The molecule has 1 aliphatic heterocycles. The number of rotatable bonds is 4. The molecule has 0 amide bonds. The Kier molecular flexibility index (Phi) is 3.93. The van der Waals surface area contributed by atoms with Crippen molar-refractivity contribution in [2.45, 2.75) is 32.2 Å². The van der Waals surface area contributed by atoms with Crippen LogP contribution in [0, 0.1) is 5.41 Å². The van der Waals surface area contributed by atoms with E-state index in [-0.39, 0.29) is 5.54 Å². The number of hydrogen-bond donors (Lipinski definition) is 1. The fraction of sp³-hybridized carbons (Fsp3) is 0.647. The topological polar surface area (TPSA) is 32.5 Å². The van der Waals surface area contributed by atoms with Crippen LogP contribution in [0.25, 0.3) is 0 Å². The number of halogens is 1. The summed E-state index contributed by atoms with van der Waals surface area (Å²) < 4.78 is 0. The molecule has 116 valence electrons. The SMILES string of the molecule is CC1(C(C)(CN)N2CCN(c3cccc(Cl)c3)CC2)CC1. The van der Waals surface area contributed by atoms with E-state index in [0.29, 0.717) is 5.41 Å². The average molecular weight is 308 g/mol. The zero-order valence-electron chi connectivity index (χ0n) is 13.1. The van der Waals surface area contributed by atoms with Crippen molar-refractivity contribution < 1.29 is 0 Å². The number of benzene rings is 1. The maximum Gasteiger partial charge on any atom is 0.0426 e. The summed E-state index contributed by atoms with van der Waals surface area (Å²) in [6, 6.07) is 8.16. The molecule has 0 aromatic heterocycles. The number of nitrogens with two attached hydrogens (primary N) is 1. The highest BCUT2D eigenvalue weighted by Gasteiger charge is 2.55. The highest BCUT2D eigenvalue weighted by Crippen LogP contribution is 2.55. The average Bonchev–Trinajstić information content (AvgIpc) is 3.26. The van der Waals surface area contributed by atoms with Crippen molar-refractivity contribution >= 4 is 17.3 Å². The molecule has 1 aliphatic carbocycles. The third kappa shape index (κ3) is 2.67. The molecule has 3 nitrogen and oxygen atoms in total. The van der Waals surface area contributed by atoms with Gasteiger partial charge in [0.15, 0.2) is 0 Å². The molecule has 3 rings (SSSR count). The Morgan fingerprint density at radius 2 is 1.90 bits per heavy atom. The maximum absolute atomic E-state index is 6.16. The summed E-state index contributed by atoms with van der Waals surface area (Å²) in [6.45, 7) is 9.75. The highest BCUT2D eigenvalue weighted by molar-refractivity contribution is 6.30. The van der Waals surface area contributed by atoms with Gasteiger partial charge in [-0.3, -0.25) is 4.90 Å². The zero-order valence-corrected chi connectivity index (χ0v) is 13.9. The first kappa shape index (κ1) is 15.1. The fourth-order valence-electron chi connectivity index (χ4n) is 3.61. The molecule has 2 N–H and O–H groups in total. The van der Waals surface area contributed by atoms with Gasteiger partial charge in [0, 0.05) is 49.0 Å². The molecule has 0 radical (unpaired) electrons. The van der Waals surface area contributed by atoms with Crippen molar-refractivity contribution in [2.24, 2.45) is 11.1 Å². The van der Waals surface area contributed by atoms with E-state index in [1.54, 1.807) is 0 Å². The van der Waals surface area contributed by atoms with E-state index in [9.17, 15) is 0 Å². The van der Waals surface area contributed by atoms with Crippen molar-refractivity contribution in [3.63, 3.8) is 0 Å². The normalized spacial score (nSPS) is 24.7. The monoisotopic (exact) mass is 307 g/mol. The first-order valence-electron chi connectivity index (χ1n) is 7.94. The van der Waals surface area contributed by atoms with Crippen molar-refractivity contribution in [1.29, 1.82) is 0 Å². The standard InChI is InChI=1S/C17H26ClN3/c1-16(6-7-16)17(2,13-19)21-10-8-20(9-11-21)15-5-3-4-14(18)12-15/h3-5,12H,6-11,13,19H2,1-2H3. The summed E-state index contributed by atoms with van der Waals surface area (Å²) in [5.41, 5.74) is 7.95. The summed E-state index contributed by atoms with van der Waals surface area (Å²) in [4.78, 5) is 5.04. The molecule has 4 heteroatoms. The lowest BCUT2D eigenvalue weighted by Crippen LogP contribution is -2.62. The smallest absolute Gasteiger partial charge is 0.0426 e. The Morgan fingerprint density at radius 3 is 2.43 bits per heavy atom. The Hall–Kier alpha value is -0.770. The van der Waals surface area contributed by atoms with E-state index in [4.69, 9.17) is 17.3 Å². The van der Waals surface area contributed by atoms with Gasteiger partial charge in [-0.15, -0.1) is 0 Å². The Morgan fingerprint density at radius 1 is 1.24 bits per heavy atom. The lowest BCUT2D eigenvalue weighted by Gasteiger charge is -2.49. The largest absolute Gasteiger partial charge is 0.369 e. The lowest BCUT2D eigenvalue weighted by atomic mass is 9.81. The van der Waals surface area contributed by atoms with Crippen molar-refractivity contribution in [1.82, 2.24) is 4.90 Å². The van der Waals surface area contributed by atoms with Gasteiger partial charge in [0.1, 0.15) is 0 Å². The van der Waals surface area contributed by atoms with Gasteiger partial charge >= 0.3 is 0 Å². The third-order valence-corrected chi connectivity index (χ3v) is 6.08. The summed E-state index contributed by atoms with van der Waals surface area (Å²) in [5.74, 6) is 0. The molecule has 1 unspecified atom stereocenters. The first-order chi connectivity index (χ1) is 9.98. The van der Waals surface area contributed by atoms with E-state index in [0.717, 1.165) is 37.7 Å². The minimum absolute atomic E-state index is 0.146. The van der Waals surface area contributed by atoms with Crippen LogP contribution in [0.4, 0.5) is 5.69 Å². The Balaban J connectivity index is 1.67. The molecule has 1 saturated carbocycles. The number of hydrogen-bond acceptors (Lipinski definition) is 3. The van der Waals surface area contributed by atoms with Gasteiger partial charge in [0.25, 0.3) is 0 Å². The quantitative estimate of drug-likeness (QED) is 0.928. The lowest BCUT2D eigenvalue weighted by molar-refractivity contribution is 0.0425. The molecule has 0 spiro atoms. The van der Waals surface area contributed by atoms with Crippen LogP contribution in [0.5, 0.6) is 0 Å². The van der Waals surface area contributed by atoms with Crippen LogP contribution in [0.15, 0.2) is 24.3 Å². The number of nitrogens with zero attached hydrogens (tertiary/aromatic N) is 2. The second kappa shape index (κ2) is 5.45. The maximum atomic E-state index is 6.16. The van der Waals surface area contributed by atoms with Crippen LogP contribution in [0.1, 0.15) is 26.7 Å². The van der Waals surface area contributed by atoms with E-state index in [1.807, 2.05) is 12.1 Å². The van der Waals surface area contributed by atoms with Gasteiger partial charge in [-0.25, -0.2) is 0 Å². The molecule has 2 fully saturated rings. The molecular weight excluding hydrogens is 282 g/mol. The van der Waals surface area contributed by atoms with Gasteiger partial charge in [-0.2, -0.15) is 0 Å².